The van der Waals surface area contributed by atoms with E-state index in [4.69, 9.17) is 11.6 Å². The van der Waals surface area contributed by atoms with Gasteiger partial charge in [-0.3, -0.25) is 9.48 Å². The summed E-state index contributed by atoms with van der Waals surface area (Å²) >= 11 is 6.78. The van der Waals surface area contributed by atoms with Gasteiger partial charge in [-0.15, -0.1) is 11.3 Å². The predicted molar refractivity (Wildman–Crippen MR) is 118 cm³/mol. The minimum atomic E-state index is -3.74. The molecule has 0 fully saturated rings. The van der Waals surface area contributed by atoms with Crippen molar-refractivity contribution < 1.29 is 13.2 Å². The minimum absolute atomic E-state index is 0.111. The number of likely N-dealkylation sites (N-methyl/N-ethyl adjacent to an activating group) is 1. The third-order valence-electron chi connectivity index (χ3n) is 4.50. The highest BCUT2D eigenvalue weighted by atomic mass is 35.5. The number of thiophene rings is 1. The Balaban J connectivity index is 1.57. The SMILES string of the molecule is Cc1cc(C)n(Cc2cccc(CNC(=O)CN(C)S(=O)(=O)c3ccc(Cl)s3)c2)n1. The number of amides is 1. The van der Waals surface area contributed by atoms with Crippen molar-refractivity contribution in [1.82, 2.24) is 19.4 Å². The normalized spacial score (nSPS) is 11.8. The molecular formula is C20H23ClN4O3S2. The van der Waals surface area contributed by atoms with Crippen molar-refractivity contribution in [2.45, 2.75) is 31.1 Å². The number of benzene rings is 1. The number of hydrogen-bond acceptors (Lipinski definition) is 5. The highest BCUT2D eigenvalue weighted by molar-refractivity contribution is 7.91. The molecule has 3 aromatic rings. The van der Waals surface area contributed by atoms with Crippen molar-refractivity contribution in [3.63, 3.8) is 0 Å². The number of carbonyl (C=O) groups excluding carboxylic acids is 1. The average molecular weight is 467 g/mol. The number of nitrogens with zero attached hydrogens (tertiary/aromatic N) is 3. The van der Waals surface area contributed by atoms with E-state index in [1.54, 1.807) is 0 Å². The molecule has 1 amide bonds. The molecule has 1 aromatic carbocycles. The van der Waals surface area contributed by atoms with Gasteiger partial charge in [0.15, 0.2) is 0 Å². The summed E-state index contributed by atoms with van der Waals surface area (Å²) < 4.78 is 28.4. The number of sulfonamides is 1. The van der Waals surface area contributed by atoms with Crippen molar-refractivity contribution in [1.29, 1.82) is 0 Å². The molecule has 7 nitrogen and oxygen atoms in total. The number of rotatable bonds is 8. The molecule has 2 aromatic heterocycles. The van der Waals surface area contributed by atoms with Crippen LogP contribution in [0.5, 0.6) is 0 Å². The van der Waals surface area contributed by atoms with Gasteiger partial charge in [0, 0.05) is 19.3 Å². The number of carbonyl (C=O) groups is 1. The molecule has 160 valence electrons. The Morgan fingerprint density at radius 3 is 2.57 bits per heavy atom. The molecule has 0 atom stereocenters. The van der Waals surface area contributed by atoms with Crippen LogP contribution in [0.15, 0.2) is 46.7 Å². The lowest BCUT2D eigenvalue weighted by Gasteiger charge is -2.16. The van der Waals surface area contributed by atoms with Crippen LogP contribution < -0.4 is 5.32 Å². The molecule has 0 spiro atoms. The van der Waals surface area contributed by atoms with E-state index in [1.165, 1.54) is 19.2 Å². The standard InChI is InChI=1S/C20H23ClN4O3S2/c1-14-9-15(2)25(23-14)12-17-6-4-5-16(10-17)11-22-19(26)13-24(3)30(27,28)20-8-7-18(21)29-20/h4-10H,11-13H2,1-3H3,(H,22,26). The summed E-state index contributed by atoms with van der Waals surface area (Å²) in [4.78, 5) is 12.3. The second kappa shape index (κ2) is 9.30. The third-order valence-corrected chi connectivity index (χ3v) is 8.00. The van der Waals surface area contributed by atoms with E-state index in [-0.39, 0.29) is 16.7 Å². The van der Waals surface area contributed by atoms with Gasteiger partial charge < -0.3 is 5.32 Å². The van der Waals surface area contributed by atoms with Crippen LogP contribution in [0.1, 0.15) is 22.5 Å². The number of aryl methyl sites for hydroxylation is 2. The fraction of sp³-hybridized carbons (Fsp3) is 0.300. The fourth-order valence-electron chi connectivity index (χ4n) is 2.98. The Bertz CT molecular complexity index is 1150. The Labute approximate surface area is 185 Å². The van der Waals surface area contributed by atoms with Crippen LogP contribution in [-0.4, -0.2) is 42.0 Å². The largest absolute Gasteiger partial charge is 0.351 e. The summed E-state index contributed by atoms with van der Waals surface area (Å²) in [7, 11) is -2.37. The molecule has 0 bridgehead atoms. The van der Waals surface area contributed by atoms with Gasteiger partial charge in [0.05, 0.1) is 23.1 Å². The van der Waals surface area contributed by atoms with E-state index in [0.29, 0.717) is 17.4 Å². The first kappa shape index (κ1) is 22.5. The van der Waals surface area contributed by atoms with E-state index in [9.17, 15) is 13.2 Å². The number of aromatic nitrogens is 2. The number of halogens is 1. The molecule has 10 heteroatoms. The van der Waals surface area contributed by atoms with E-state index < -0.39 is 10.0 Å². The van der Waals surface area contributed by atoms with Gasteiger partial charge in [-0.1, -0.05) is 35.9 Å². The van der Waals surface area contributed by atoms with Crippen LogP contribution in [0, 0.1) is 13.8 Å². The zero-order valence-corrected chi connectivity index (χ0v) is 19.3. The summed E-state index contributed by atoms with van der Waals surface area (Å²) in [6.45, 7) is 4.65. The second-order valence-electron chi connectivity index (χ2n) is 7.00. The molecule has 0 radical (unpaired) electrons. The maximum atomic E-state index is 12.5. The number of hydrogen-bond donors (Lipinski definition) is 1. The van der Waals surface area contributed by atoms with Crippen molar-refractivity contribution in [2.75, 3.05) is 13.6 Å². The summed E-state index contributed by atoms with van der Waals surface area (Å²) in [6, 6.07) is 12.8. The van der Waals surface area contributed by atoms with Crippen molar-refractivity contribution >= 4 is 38.9 Å². The molecule has 30 heavy (non-hydrogen) atoms. The van der Waals surface area contributed by atoms with Gasteiger partial charge in [-0.25, -0.2) is 8.42 Å². The Morgan fingerprint density at radius 2 is 1.93 bits per heavy atom. The monoisotopic (exact) mass is 466 g/mol. The lowest BCUT2D eigenvalue weighted by atomic mass is 10.1. The first-order valence-corrected chi connectivity index (χ1v) is 11.9. The van der Waals surface area contributed by atoms with Gasteiger partial charge >= 0.3 is 0 Å². The maximum Gasteiger partial charge on any atom is 0.252 e. The van der Waals surface area contributed by atoms with Gasteiger partial charge in [0.25, 0.3) is 10.0 Å². The molecule has 3 rings (SSSR count). The quantitative estimate of drug-likeness (QED) is 0.552. The first-order chi connectivity index (χ1) is 14.1. The molecule has 1 N–H and O–H groups in total. The minimum Gasteiger partial charge on any atom is -0.351 e. The maximum absolute atomic E-state index is 12.5. The van der Waals surface area contributed by atoms with E-state index in [2.05, 4.69) is 10.4 Å². The Morgan fingerprint density at radius 1 is 1.20 bits per heavy atom. The van der Waals surface area contributed by atoms with E-state index in [0.717, 1.165) is 38.2 Å². The van der Waals surface area contributed by atoms with Crippen molar-refractivity contribution in [2.24, 2.45) is 0 Å². The van der Waals surface area contributed by atoms with Gasteiger partial charge in [-0.2, -0.15) is 9.40 Å². The van der Waals surface area contributed by atoms with Crippen LogP contribution in [0.4, 0.5) is 0 Å². The van der Waals surface area contributed by atoms with Crippen LogP contribution in [0.25, 0.3) is 0 Å². The fourth-order valence-corrected chi connectivity index (χ4v) is 5.80. The molecular weight excluding hydrogens is 444 g/mol. The smallest absolute Gasteiger partial charge is 0.252 e. The van der Waals surface area contributed by atoms with E-state index >= 15 is 0 Å². The summed E-state index contributed by atoms with van der Waals surface area (Å²) in [5.74, 6) is -0.382. The predicted octanol–water partition coefficient (Wildman–Crippen LogP) is 3.20. The molecule has 0 unspecified atom stereocenters. The average Bonchev–Trinajstić information content (AvgIpc) is 3.25. The van der Waals surface area contributed by atoms with Gasteiger partial charge in [0.1, 0.15) is 4.21 Å². The Hall–Kier alpha value is -2.20. The van der Waals surface area contributed by atoms with Crippen LogP contribution in [-0.2, 0) is 27.9 Å². The lowest BCUT2D eigenvalue weighted by molar-refractivity contribution is -0.121. The Kier molecular flexibility index (Phi) is 6.97. The molecule has 0 saturated heterocycles. The van der Waals surface area contributed by atoms with Crippen LogP contribution >= 0.6 is 22.9 Å². The van der Waals surface area contributed by atoms with Crippen LogP contribution in [0.2, 0.25) is 4.34 Å². The highest BCUT2D eigenvalue weighted by Crippen LogP contribution is 2.27. The summed E-state index contributed by atoms with van der Waals surface area (Å²) in [5.41, 5.74) is 4.06. The van der Waals surface area contributed by atoms with Crippen LogP contribution in [0.3, 0.4) is 0 Å². The number of nitrogens with one attached hydrogen (secondary N) is 1. The summed E-state index contributed by atoms with van der Waals surface area (Å²) in [6.07, 6.45) is 0. The van der Waals surface area contributed by atoms with Gasteiger partial charge in [-0.05, 0) is 43.2 Å². The highest BCUT2D eigenvalue weighted by Gasteiger charge is 2.24. The molecule has 0 saturated carbocycles. The molecule has 2 heterocycles. The topological polar surface area (TPSA) is 84.3 Å². The van der Waals surface area contributed by atoms with Crippen molar-refractivity contribution in [3.8, 4) is 0 Å². The van der Waals surface area contributed by atoms with E-state index in [1.807, 2.05) is 48.9 Å². The van der Waals surface area contributed by atoms with Crippen molar-refractivity contribution in [3.05, 3.63) is 69.3 Å². The summed E-state index contributed by atoms with van der Waals surface area (Å²) in [5, 5.41) is 7.24. The molecule has 0 aliphatic rings. The zero-order chi connectivity index (χ0) is 21.9. The first-order valence-electron chi connectivity index (χ1n) is 9.22. The zero-order valence-electron chi connectivity index (χ0n) is 16.9. The third kappa shape index (κ3) is 5.48. The molecule has 0 aliphatic carbocycles. The second-order valence-corrected chi connectivity index (χ2v) is 11.0. The van der Waals surface area contributed by atoms with Gasteiger partial charge in [0.2, 0.25) is 5.91 Å². The lowest BCUT2D eigenvalue weighted by Crippen LogP contribution is -2.37. The molecule has 0 aliphatic heterocycles.